The Morgan fingerprint density at radius 3 is 2.46 bits per heavy atom. The summed E-state index contributed by atoms with van der Waals surface area (Å²) in [6, 6.07) is 7.27. The van der Waals surface area contributed by atoms with Gasteiger partial charge in [-0.3, -0.25) is 4.79 Å². The van der Waals surface area contributed by atoms with Gasteiger partial charge in [0.2, 0.25) is 5.91 Å². The number of sulfone groups is 1. The summed E-state index contributed by atoms with van der Waals surface area (Å²) < 4.78 is 29.3. The molecule has 8 nitrogen and oxygen atoms in total. The zero-order chi connectivity index (χ0) is 28.8. The molecule has 1 saturated heterocycles. The van der Waals surface area contributed by atoms with Gasteiger partial charge in [0, 0.05) is 65.5 Å². The summed E-state index contributed by atoms with van der Waals surface area (Å²) in [5.74, 6) is 0.778. The Balaban J connectivity index is 1.10. The van der Waals surface area contributed by atoms with Crippen molar-refractivity contribution in [3.05, 3.63) is 41.6 Å². The van der Waals surface area contributed by atoms with Crippen LogP contribution in [-0.4, -0.2) is 57.5 Å². The molecule has 2 N–H and O–H groups in total. The number of aryl methyl sites for hydroxylation is 1. The molecule has 3 saturated carbocycles. The first-order valence-electron chi connectivity index (χ1n) is 15.0. The summed E-state index contributed by atoms with van der Waals surface area (Å²) in [5.41, 5.74) is 2.54. The van der Waals surface area contributed by atoms with Gasteiger partial charge in [-0.2, -0.15) is 0 Å². The fourth-order valence-electron chi connectivity index (χ4n) is 7.93. The Bertz CT molecular complexity index is 1510. The van der Waals surface area contributed by atoms with Crippen molar-refractivity contribution in [1.29, 1.82) is 0 Å². The molecule has 41 heavy (non-hydrogen) atoms. The van der Waals surface area contributed by atoms with Crippen LogP contribution in [-0.2, 0) is 20.0 Å². The summed E-state index contributed by atoms with van der Waals surface area (Å²) >= 11 is 2.36. The molecule has 1 amide bonds. The third kappa shape index (κ3) is 4.71. The van der Waals surface area contributed by atoms with E-state index in [4.69, 9.17) is 0 Å². The molecule has 0 bridgehead atoms. The third-order valence-electron chi connectivity index (χ3n) is 10.6. The zero-order valence-electron chi connectivity index (χ0n) is 23.8. The molecule has 1 aromatic carbocycles. The van der Waals surface area contributed by atoms with Crippen molar-refractivity contribution in [3.63, 3.8) is 0 Å². The third-order valence-corrected chi connectivity index (χ3v) is 13.7. The van der Waals surface area contributed by atoms with Crippen molar-refractivity contribution in [2.45, 2.75) is 105 Å². The van der Waals surface area contributed by atoms with Crippen LogP contribution < -0.4 is 10.2 Å². The minimum atomic E-state index is -3.38. The van der Waals surface area contributed by atoms with Crippen molar-refractivity contribution >= 4 is 55.8 Å². The van der Waals surface area contributed by atoms with Gasteiger partial charge >= 0.3 is 0 Å². The Morgan fingerprint density at radius 2 is 1.80 bits per heavy atom. The summed E-state index contributed by atoms with van der Waals surface area (Å²) in [5, 5.41) is 13.9. The number of piperidine rings is 1. The molecule has 0 unspecified atom stereocenters. The zero-order valence-corrected chi connectivity index (χ0v) is 26.8. The molecular weight excluding hydrogens is 651 g/mol. The van der Waals surface area contributed by atoms with Gasteiger partial charge in [0.25, 0.3) is 0 Å². The molecule has 10 heteroatoms. The van der Waals surface area contributed by atoms with E-state index in [9.17, 15) is 18.3 Å². The number of halogens is 1. The number of aliphatic hydroxyl groups is 1. The SMILES string of the molecule is Cc1cc(S(=O)(=O)C2CC3(CCN(I)CC3)C2)ccc1Nc1cc2c(cn1)C1(CC1)C(=O)N2[C@@H]1CCC[C@@](C)(O)C1. The summed E-state index contributed by atoms with van der Waals surface area (Å²) in [6.45, 7) is 5.87. The highest BCUT2D eigenvalue weighted by atomic mass is 127. The number of nitrogens with zero attached hydrogens (tertiary/aromatic N) is 3. The van der Waals surface area contributed by atoms with E-state index in [1.807, 2.05) is 37.1 Å². The molecule has 220 valence electrons. The predicted molar refractivity (Wildman–Crippen MR) is 167 cm³/mol. The minimum Gasteiger partial charge on any atom is -0.390 e. The number of carbonyl (C=O) groups excluding carboxylic acids is 1. The monoisotopic (exact) mass is 690 g/mol. The van der Waals surface area contributed by atoms with Gasteiger partial charge in [-0.25, -0.2) is 16.5 Å². The van der Waals surface area contributed by atoms with Crippen molar-refractivity contribution < 1.29 is 18.3 Å². The number of aromatic nitrogens is 1. The Labute approximate surface area is 256 Å². The first-order chi connectivity index (χ1) is 19.4. The number of hydrogen-bond acceptors (Lipinski definition) is 7. The topological polar surface area (TPSA) is 103 Å². The van der Waals surface area contributed by atoms with Crippen LogP contribution in [0.25, 0.3) is 0 Å². The Kier molecular flexibility index (Phi) is 6.58. The largest absolute Gasteiger partial charge is 0.390 e. The molecule has 3 heterocycles. The van der Waals surface area contributed by atoms with Gasteiger partial charge in [-0.15, -0.1) is 0 Å². The van der Waals surface area contributed by atoms with E-state index in [-0.39, 0.29) is 22.6 Å². The molecule has 2 aromatic rings. The number of amides is 1. The second kappa shape index (κ2) is 9.62. The number of anilines is 3. The second-order valence-electron chi connectivity index (χ2n) is 13.7. The molecule has 4 fully saturated rings. The van der Waals surface area contributed by atoms with E-state index < -0.39 is 20.9 Å². The van der Waals surface area contributed by atoms with Gasteiger partial charge < -0.3 is 15.3 Å². The maximum absolute atomic E-state index is 13.6. The van der Waals surface area contributed by atoms with Crippen LogP contribution in [0.1, 0.15) is 82.3 Å². The van der Waals surface area contributed by atoms with Crippen LogP contribution in [0.5, 0.6) is 0 Å². The lowest BCUT2D eigenvalue weighted by Gasteiger charge is -2.50. The van der Waals surface area contributed by atoms with Crippen molar-refractivity contribution in [2.24, 2.45) is 5.41 Å². The number of benzene rings is 1. The molecule has 0 radical (unpaired) electrons. The fourth-order valence-corrected chi connectivity index (χ4v) is 10.5. The normalized spacial score (nSPS) is 29.0. The molecule has 5 aliphatic rings. The molecule has 7 rings (SSSR count). The van der Waals surface area contributed by atoms with E-state index in [1.165, 1.54) is 0 Å². The van der Waals surface area contributed by atoms with Crippen LogP contribution in [0.2, 0.25) is 0 Å². The Hall–Kier alpha value is -1.76. The van der Waals surface area contributed by atoms with Crippen LogP contribution in [0.15, 0.2) is 35.4 Å². The van der Waals surface area contributed by atoms with Crippen LogP contribution in [0, 0.1) is 12.3 Å². The van der Waals surface area contributed by atoms with Gasteiger partial charge in [-0.05, 0) is 107 Å². The number of carbonyl (C=O) groups is 1. The highest BCUT2D eigenvalue weighted by Crippen LogP contribution is 2.59. The molecule has 2 spiro atoms. The smallest absolute Gasteiger partial charge is 0.238 e. The average molecular weight is 691 g/mol. The van der Waals surface area contributed by atoms with Gasteiger partial charge in [0.1, 0.15) is 5.82 Å². The first-order valence-corrected chi connectivity index (χ1v) is 17.5. The summed E-state index contributed by atoms with van der Waals surface area (Å²) in [4.78, 5) is 20.7. The van der Waals surface area contributed by atoms with Crippen molar-refractivity contribution in [3.8, 4) is 0 Å². The van der Waals surface area contributed by atoms with E-state index in [1.54, 1.807) is 12.1 Å². The lowest BCUT2D eigenvalue weighted by Crippen LogP contribution is -2.49. The molecule has 3 aliphatic carbocycles. The number of fused-ring (bicyclic) bond motifs is 2. The molecule has 2 atom stereocenters. The minimum absolute atomic E-state index is 0.0220. The lowest BCUT2D eigenvalue weighted by molar-refractivity contribution is -0.121. The number of nitrogens with one attached hydrogen (secondary N) is 1. The Morgan fingerprint density at radius 1 is 1.07 bits per heavy atom. The van der Waals surface area contributed by atoms with E-state index in [0.717, 1.165) is 93.4 Å². The van der Waals surface area contributed by atoms with Crippen LogP contribution in [0.4, 0.5) is 17.2 Å². The standard InChI is InChI=1S/C31H39IN4O4S/c1-20-14-22(41(39,40)23-17-30(18-23)10-12-35(32)13-11-30)5-6-25(20)34-27-15-26-24(19-33-27)31(8-9-31)28(37)36(26)21-4-3-7-29(2,38)16-21/h5-6,14-15,19,21,23,38H,3-4,7-13,16-18H2,1-2H3,(H,33,34)/t21-,29-/m1/s1. The maximum Gasteiger partial charge on any atom is 0.238 e. The number of rotatable bonds is 5. The van der Waals surface area contributed by atoms with Gasteiger partial charge in [0.05, 0.1) is 26.8 Å². The van der Waals surface area contributed by atoms with E-state index in [2.05, 4.69) is 36.3 Å². The van der Waals surface area contributed by atoms with E-state index >= 15 is 0 Å². The molecule has 2 aliphatic heterocycles. The number of hydrogen-bond donors (Lipinski definition) is 2. The first kappa shape index (κ1) is 28.0. The highest BCUT2D eigenvalue weighted by Gasteiger charge is 2.61. The van der Waals surface area contributed by atoms with Crippen LogP contribution >= 0.6 is 22.9 Å². The molecular formula is C31H39IN4O4S. The second-order valence-corrected chi connectivity index (χ2v) is 17.3. The van der Waals surface area contributed by atoms with Crippen molar-refractivity contribution in [1.82, 2.24) is 8.10 Å². The summed E-state index contributed by atoms with van der Waals surface area (Å²) in [6.07, 6.45) is 10.4. The van der Waals surface area contributed by atoms with E-state index in [0.29, 0.717) is 17.1 Å². The fraction of sp³-hybridized carbons (Fsp3) is 0.613. The predicted octanol–water partition coefficient (Wildman–Crippen LogP) is 5.57. The maximum atomic E-state index is 13.6. The lowest BCUT2D eigenvalue weighted by atomic mass is 9.63. The van der Waals surface area contributed by atoms with Crippen molar-refractivity contribution in [2.75, 3.05) is 23.3 Å². The summed E-state index contributed by atoms with van der Waals surface area (Å²) in [7, 11) is -3.38. The average Bonchev–Trinajstić information content (AvgIpc) is 3.66. The number of pyridine rings is 1. The van der Waals surface area contributed by atoms with Crippen LogP contribution in [0.3, 0.4) is 0 Å². The highest BCUT2D eigenvalue weighted by molar-refractivity contribution is 14.1. The van der Waals surface area contributed by atoms with Gasteiger partial charge in [-0.1, -0.05) is 0 Å². The quantitative estimate of drug-likeness (QED) is 0.313. The van der Waals surface area contributed by atoms with Gasteiger partial charge in [0.15, 0.2) is 9.84 Å². The molecule has 1 aromatic heterocycles.